The van der Waals surface area contributed by atoms with E-state index in [9.17, 15) is 4.79 Å². The molecule has 0 fully saturated rings. The molecule has 0 saturated heterocycles. The highest BCUT2D eigenvalue weighted by atomic mass is 35.5. The fourth-order valence-corrected chi connectivity index (χ4v) is 2.38. The van der Waals surface area contributed by atoms with Gasteiger partial charge in [-0.25, -0.2) is 0 Å². The van der Waals surface area contributed by atoms with Gasteiger partial charge in [-0.15, -0.1) is 0 Å². The van der Waals surface area contributed by atoms with Crippen LogP contribution in [0.5, 0.6) is 0 Å². The molecule has 0 aromatic heterocycles. The summed E-state index contributed by atoms with van der Waals surface area (Å²) in [5, 5.41) is 0.662. The van der Waals surface area contributed by atoms with Crippen molar-refractivity contribution in [3.63, 3.8) is 0 Å². The highest BCUT2D eigenvalue weighted by Gasteiger charge is 2.26. The van der Waals surface area contributed by atoms with Crippen LogP contribution in [0.3, 0.4) is 0 Å². The quantitative estimate of drug-likeness (QED) is 0.757. The summed E-state index contributed by atoms with van der Waals surface area (Å²) < 4.78 is 0. The first-order chi connectivity index (χ1) is 9.03. The molecule has 0 aliphatic carbocycles. The summed E-state index contributed by atoms with van der Waals surface area (Å²) >= 11 is 6.02. The Hall–Kier alpha value is -1.60. The molecule has 2 rings (SSSR count). The topological polar surface area (TPSA) is 17.1 Å². The third-order valence-corrected chi connectivity index (χ3v) is 3.67. The summed E-state index contributed by atoms with van der Waals surface area (Å²) in [6.07, 6.45) is 1.69. The van der Waals surface area contributed by atoms with E-state index in [1.807, 2.05) is 31.2 Å². The summed E-state index contributed by atoms with van der Waals surface area (Å²) in [4.78, 5) is 11.6. The monoisotopic (exact) mass is 272 g/mol. The second-order valence-electron chi connectivity index (χ2n) is 5.21. The molecule has 0 spiro atoms. The van der Waals surface area contributed by atoms with Gasteiger partial charge in [-0.3, -0.25) is 0 Å². The van der Waals surface area contributed by atoms with Gasteiger partial charge < -0.3 is 4.79 Å². The van der Waals surface area contributed by atoms with E-state index in [1.165, 1.54) is 5.56 Å². The molecule has 0 aliphatic heterocycles. The van der Waals surface area contributed by atoms with Crippen molar-refractivity contribution in [2.24, 2.45) is 0 Å². The Morgan fingerprint density at radius 1 is 1.16 bits per heavy atom. The van der Waals surface area contributed by atoms with Crippen LogP contribution in [0.4, 0.5) is 0 Å². The molecule has 98 valence electrons. The lowest BCUT2D eigenvalue weighted by atomic mass is 9.78. The Morgan fingerprint density at radius 2 is 1.84 bits per heavy atom. The maximum atomic E-state index is 11.6. The van der Waals surface area contributed by atoms with Gasteiger partial charge >= 0.3 is 0 Å². The molecule has 1 atom stereocenters. The predicted molar refractivity (Wildman–Crippen MR) is 79.8 cm³/mol. The molecule has 1 unspecified atom stereocenters. The lowest BCUT2D eigenvalue weighted by Gasteiger charge is -2.24. The second kappa shape index (κ2) is 5.58. The van der Waals surface area contributed by atoms with Gasteiger partial charge in [-0.1, -0.05) is 53.6 Å². The first kappa shape index (κ1) is 13.8. The maximum absolute atomic E-state index is 11.6. The van der Waals surface area contributed by atoms with Gasteiger partial charge in [-0.05, 0) is 43.5 Å². The fraction of sp³-hybridized carbons (Fsp3) is 0.235. The maximum Gasteiger partial charge on any atom is 0.130 e. The first-order valence-corrected chi connectivity index (χ1v) is 6.69. The van der Waals surface area contributed by atoms with Gasteiger partial charge in [0.05, 0.1) is 5.41 Å². The minimum absolute atomic E-state index is 0.542. The van der Waals surface area contributed by atoms with Crippen LogP contribution >= 0.6 is 11.6 Å². The summed E-state index contributed by atoms with van der Waals surface area (Å²) in [5.74, 6) is 0. The number of carbonyl (C=O) groups is 1. The van der Waals surface area contributed by atoms with Crippen molar-refractivity contribution in [1.82, 2.24) is 0 Å². The fourth-order valence-electron chi connectivity index (χ4n) is 2.19. The van der Waals surface area contributed by atoms with Crippen molar-refractivity contribution in [3.8, 4) is 0 Å². The molecule has 0 heterocycles. The summed E-state index contributed by atoms with van der Waals surface area (Å²) in [5.41, 5.74) is 2.79. The van der Waals surface area contributed by atoms with Gasteiger partial charge in [0.1, 0.15) is 6.29 Å². The van der Waals surface area contributed by atoms with Crippen molar-refractivity contribution in [2.45, 2.75) is 25.7 Å². The lowest BCUT2D eigenvalue weighted by Crippen LogP contribution is -2.26. The van der Waals surface area contributed by atoms with Crippen LogP contribution in [0.15, 0.2) is 48.5 Å². The second-order valence-corrected chi connectivity index (χ2v) is 5.64. The highest BCUT2D eigenvalue weighted by Crippen LogP contribution is 2.28. The smallest absolute Gasteiger partial charge is 0.130 e. The summed E-state index contributed by atoms with van der Waals surface area (Å²) in [6, 6.07) is 15.8. The van der Waals surface area contributed by atoms with Crippen molar-refractivity contribution in [1.29, 1.82) is 0 Å². The molecule has 2 aromatic carbocycles. The number of halogens is 1. The largest absolute Gasteiger partial charge is 0.302 e. The van der Waals surface area contributed by atoms with Gasteiger partial charge in [-0.2, -0.15) is 0 Å². The van der Waals surface area contributed by atoms with Crippen molar-refractivity contribution in [2.75, 3.05) is 0 Å². The Balaban J connectivity index is 2.32. The molecular weight excluding hydrogens is 256 g/mol. The Labute approximate surface area is 119 Å². The van der Waals surface area contributed by atoms with E-state index < -0.39 is 5.41 Å². The average Bonchev–Trinajstić information content (AvgIpc) is 2.41. The molecule has 0 saturated carbocycles. The number of hydrogen-bond acceptors (Lipinski definition) is 1. The van der Waals surface area contributed by atoms with E-state index in [0.717, 1.165) is 17.4 Å². The van der Waals surface area contributed by atoms with Crippen LogP contribution in [0.1, 0.15) is 23.6 Å². The van der Waals surface area contributed by atoms with Gasteiger partial charge in [0, 0.05) is 5.02 Å². The molecule has 19 heavy (non-hydrogen) atoms. The minimum Gasteiger partial charge on any atom is -0.302 e. The molecule has 2 heteroatoms. The number of aldehydes is 1. The summed E-state index contributed by atoms with van der Waals surface area (Å²) in [6.45, 7) is 4.01. The molecular formula is C17H17ClO. The SMILES string of the molecule is Cc1ccc(CC(C)(C=O)c2cccc(Cl)c2)cc1. The van der Waals surface area contributed by atoms with Crippen LogP contribution in [0.25, 0.3) is 0 Å². The standard InChI is InChI=1S/C17H17ClO/c1-13-6-8-14(9-7-13)11-17(2,12-19)15-4-3-5-16(18)10-15/h3-10,12H,11H2,1-2H3. The van der Waals surface area contributed by atoms with Crippen LogP contribution in [-0.2, 0) is 16.6 Å². The van der Waals surface area contributed by atoms with E-state index >= 15 is 0 Å². The van der Waals surface area contributed by atoms with E-state index in [0.29, 0.717) is 11.4 Å². The molecule has 2 aromatic rings. The van der Waals surface area contributed by atoms with E-state index in [-0.39, 0.29) is 0 Å². The summed E-state index contributed by atoms with van der Waals surface area (Å²) in [7, 11) is 0. The molecule has 0 aliphatic rings. The number of aryl methyl sites for hydroxylation is 1. The molecule has 0 N–H and O–H groups in total. The zero-order chi connectivity index (χ0) is 13.9. The van der Waals surface area contributed by atoms with Crippen molar-refractivity contribution >= 4 is 17.9 Å². The highest BCUT2D eigenvalue weighted by molar-refractivity contribution is 6.30. The number of rotatable bonds is 4. The average molecular weight is 273 g/mol. The van der Waals surface area contributed by atoms with Crippen LogP contribution in [0.2, 0.25) is 5.02 Å². The lowest BCUT2D eigenvalue weighted by molar-refractivity contribution is -0.112. The van der Waals surface area contributed by atoms with Crippen LogP contribution < -0.4 is 0 Å². The van der Waals surface area contributed by atoms with Gasteiger partial charge in [0.2, 0.25) is 0 Å². The normalized spacial score (nSPS) is 13.8. The first-order valence-electron chi connectivity index (χ1n) is 6.31. The zero-order valence-electron chi connectivity index (χ0n) is 11.2. The zero-order valence-corrected chi connectivity index (χ0v) is 11.9. The third-order valence-electron chi connectivity index (χ3n) is 3.44. The molecule has 1 nitrogen and oxygen atoms in total. The Bertz CT molecular complexity index is 574. The molecule has 0 bridgehead atoms. The van der Waals surface area contributed by atoms with E-state index in [4.69, 9.17) is 11.6 Å². The third kappa shape index (κ3) is 3.24. The number of benzene rings is 2. The van der Waals surface area contributed by atoms with Gasteiger partial charge in [0.15, 0.2) is 0 Å². The van der Waals surface area contributed by atoms with Crippen LogP contribution in [-0.4, -0.2) is 6.29 Å². The Morgan fingerprint density at radius 3 is 2.42 bits per heavy atom. The Kier molecular flexibility index (Phi) is 4.06. The van der Waals surface area contributed by atoms with Crippen LogP contribution in [0, 0.1) is 6.92 Å². The predicted octanol–water partition coefficient (Wildman–Crippen LogP) is 4.35. The minimum atomic E-state index is -0.542. The molecule has 0 amide bonds. The van der Waals surface area contributed by atoms with Gasteiger partial charge in [0.25, 0.3) is 0 Å². The van der Waals surface area contributed by atoms with Crippen molar-refractivity contribution in [3.05, 3.63) is 70.2 Å². The number of hydrogen-bond donors (Lipinski definition) is 0. The van der Waals surface area contributed by atoms with E-state index in [2.05, 4.69) is 31.2 Å². The number of carbonyl (C=O) groups excluding carboxylic acids is 1. The molecule has 0 radical (unpaired) electrons. The van der Waals surface area contributed by atoms with Crippen molar-refractivity contribution < 1.29 is 4.79 Å². The van der Waals surface area contributed by atoms with E-state index in [1.54, 1.807) is 0 Å².